The van der Waals surface area contributed by atoms with E-state index in [4.69, 9.17) is 10.2 Å². The number of aliphatic carboxylic acids is 1. The molecule has 1 atom stereocenters. The summed E-state index contributed by atoms with van der Waals surface area (Å²) < 4.78 is 0. The minimum absolute atomic E-state index is 0.253. The van der Waals surface area contributed by atoms with E-state index in [-0.39, 0.29) is 6.61 Å². The Balaban J connectivity index is 2.19. The molecule has 0 aromatic heterocycles. The lowest BCUT2D eigenvalue weighted by atomic mass is 10.1. The molecule has 0 saturated carbocycles. The molecule has 4 heteroatoms. The summed E-state index contributed by atoms with van der Waals surface area (Å²) in [6, 6.07) is 0. The molecule has 4 nitrogen and oxygen atoms in total. The van der Waals surface area contributed by atoms with Crippen LogP contribution in [0, 0.1) is 5.92 Å². The molecule has 0 amide bonds. The van der Waals surface area contributed by atoms with E-state index in [1.54, 1.807) is 6.08 Å². The zero-order valence-electron chi connectivity index (χ0n) is 8.22. The van der Waals surface area contributed by atoms with Crippen LogP contribution in [0.25, 0.3) is 0 Å². The number of carboxylic acid groups (broad SMARTS) is 1. The molecule has 1 aliphatic heterocycles. The van der Waals surface area contributed by atoms with Gasteiger partial charge in [-0.1, -0.05) is 6.08 Å². The van der Waals surface area contributed by atoms with E-state index in [0.29, 0.717) is 12.5 Å². The molecule has 1 rings (SSSR count). The van der Waals surface area contributed by atoms with E-state index in [1.165, 1.54) is 6.08 Å². The molecule has 1 unspecified atom stereocenters. The molecule has 1 heterocycles. The molecular weight excluding hydrogens is 182 g/mol. The number of aliphatic hydroxyl groups is 1. The van der Waals surface area contributed by atoms with Gasteiger partial charge < -0.3 is 10.2 Å². The number of hydrogen-bond donors (Lipinski definition) is 2. The van der Waals surface area contributed by atoms with Crippen molar-refractivity contribution in [2.75, 3.05) is 26.2 Å². The van der Waals surface area contributed by atoms with Gasteiger partial charge in [0.05, 0.1) is 0 Å². The second-order valence-corrected chi connectivity index (χ2v) is 3.67. The van der Waals surface area contributed by atoms with Crippen molar-refractivity contribution >= 4 is 5.97 Å². The molecule has 0 radical (unpaired) electrons. The molecule has 0 spiro atoms. The monoisotopic (exact) mass is 199 g/mol. The maximum absolute atomic E-state index is 10.2. The smallest absolute Gasteiger partial charge is 0.328 e. The van der Waals surface area contributed by atoms with Crippen molar-refractivity contribution in [3.63, 3.8) is 0 Å². The number of carboxylic acids is 1. The van der Waals surface area contributed by atoms with Gasteiger partial charge in [-0.2, -0.15) is 0 Å². The zero-order chi connectivity index (χ0) is 10.4. The topological polar surface area (TPSA) is 60.8 Å². The second-order valence-electron chi connectivity index (χ2n) is 3.67. The predicted octanol–water partition coefficient (Wildman–Crippen LogP) is 0.331. The van der Waals surface area contributed by atoms with Gasteiger partial charge in [-0.25, -0.2) is 4.79 Å². The first-order valence-electron chi connectivity index (χ1n) is 4.95. The minimum atomic E-state index is -0.892. The van der Waals surface area contributed by atoms with Crippen LogP contribution >= 0.6 is 0 Å². The minimum Gasteiger partial charge on any atom is -0.478 e. The molecule has 0 bridgehead atoms. The third-order valence-electron chi connectivity index (χ3n) is 2.53. The highest BCUT2D eigenvalue weighted by Gasteiger charge is 2.20. The van der Waals surface area contributed by atoms with Gasteiger partial charge in [0.1, 0.15) is 0 Å². The maximum Gasteiger partial charge on any atom is 0.328 e. The van der Waals surface area contributed by atoms with Crippen LogP contribution in [0.5, 0.6) is 0 Å². The van der Waals surface area contributed by atoms with E-state index in [1.807, 2.05) is 0 Å². The largest absolute Gasteiger partial charge is 0.478 e. The standard InChI is InChI=1S/C10H17NO3/c12-7-4-9-3-6-11(8-9)5-1-2-10(13)14/h1-2,9,12H,3-8H2,(H,13,14)/b2-1+. The maximum atomic E-state index is 10.2. The van der Waals surface area contributed by atoms with E-state index in [9.17, 15) is 4.79 Å². The third kappa shape index (κ3) is 3.89. The van der Waals surface area contributed by atoms with Gasteiger partial charge in [0.25, 0.3) is 0 Å². The SMILES string of the molecule is O=C(O)/C=C/CN1CCC(CCO)C1. The molecule has 14 heavy (non-hydrogen) atoms. The Bertz CT molecular complexity index is 215. The van der Waals surface area contributed by atoms with Crippen LogP contribution in [-0.4, -0.2) is 47.3 Å². The quantitative estimate of drug-likeness (QED) is 0.626. The Labute approximate surface area is 83.8 Å². The van der Waals surface area contributed by atoms with Gasteiger partial charge in [0.15, 0.2) is 0 Å². The van der Waals surface area contributed by atoms with Crippen molar-refractivity contribution in [3.8, 4) is 0 Å². The zero-order valence-corrected chi connectivity index (χ0v) is 8.22. The normalized spacial score (nSPS) is 23.4. The number of carbonyl (C=O) groups is 1. The lowest BCUT2D eigenvalue weighted by molar-refractivity contribution is -0.131. The van der Waals surface area contributed by atoms with Gasteiger partial charge in [-0.15, -0.1) is 0 Å². The molecular formula is C10H17NO3. The van der Waals surface area contributed by atoms with E-state index in [2.05, 4.69) is 4.90 Å². The number of rotatable bonds is 5. The van der Waals surface area contributed by atoms with Gasteiger partial charge in [0.2, 0.25) is 0 Å². The van der Waals surface area contributed by atoms with Crippen LogP contribution in [0.4, 0.5) is 0 Å². The molecule has 1 fully saturated rings. The number of hydrogen-bond acceptors (Lipinski definition) is 3. The molecule has 1 saturated heterocycles. The predicted molar refractivity (Wildman–Crippen MR) is 53.0 cm³/mol. The Morgan fingerprint density at radius 3 is 3.00 bits per heavy atom. The molecule has 2 N–H and O–H groups in total. The fourth-order valence-electron chi connectivity index (χ4n) is 1.80. The van der Waals surface area contributed by atoms with Crippen molar-refractivity contribution in [1.82, 2.24) is 4.90 Å². The van der Waals surface area contributed by atoms with Crippen LogP contribution in [0.15, 0.2) is 12.2 Å². The highest BCUT2D eigenvalue weighted by Crippen LogP contribution is 2.18. The average molecular weight is 199 g/mol. The Hall–Kier alpha value is -0.870. The first-order chi connectivity index (χ1) is 6.72. The summed E-state index contributed by atoms with van der Waals surface area (Å²) >= 11 is 0. The summed E-state index contributed by atoms with van der Waals surface area (Å²) in [5.74, 6) is -0.311. The van der Waals surface area contributed by atoms with E-state index >= 15 is 0 Å². The van der Waals surface area contributed by atoms with Crippen molar-refractivity contribution in [3.05, 3.63) is 12.2 Å². The Morgan fingerprint density at radius 1 is 1.57 bits per heavy atom. The van der Waals surface area contributed by atoms with Crippen LogP contribution in [-0.2, 0) is 4.79 Å². The highest BCUT2D eigenvalue weighted by molar-refractivity contribution is 5.79. The van der Waals surface area contributed by atoms with Gasteiger partial charge in [0, 0.05) is 25.8 Å². The summed E-state index contributed by atoms with van der Waals surface area (Å²) in [6.07, 6.45) is 4.82. The fraction of sp³-hybridized carbons (Fsp3) is 0.700. The third-order valence-corrected chi connectivity index (χ3v) is 2.53. The van der Waals surface area contributed by atoms with Crippen LogP contribution in [0.2, 0.25) is 0 Å². The summed E-state index contributed by atoms with van der Waals surface area (Å²) in [7, 11) is 0. The first kappa shape index (κ1) is 11.2. The van der Waals surface area contributed by atoms with Crippen LogP contribution in [0.1, 0.15) is 12.8 Å². The molecule has 0 aromatic rings. The van der Waals surface area contributed by atoms with E-state index < -0.39 is 5.97 Å². The second kappa shape index (κ2) is 5.78. The van der Waals surface area contributed by atoms with E-state index in [0.717, 1.165) is 25.9 Å². The first-order valence-corrected chi connectivity index (χ1v) is 4.95. The molecule has 0 aliphatic carbocycles. The van der Waals surface area contributed by atoms with Crippen molar-refractivity contribution in [2.24, 2.45) is 5.92 Å². The summed E-state index contributed by atoms with van der Waals surface area (Å²) in [5.41, 5.74) is 0. The summed E-state index contributed by atoms with van der Waals surface area (Å²) in [6.45, 7) is 2.94. The lowest BCUT2D eigenvalue weighted by Gasteiger charge is -2.12. The van der Waals surface area contributed by atoms with Crippen LogP contribution < -0.4 is 0 Å². The number of likely N-dealkylation sites (tertiary alicyclic amines) is 1. The Morgan fingerprint density at radius 2 is 2.36 bits per heavy atom. The number of nitrogens with zero attached hydrogens (tertiary/aromatic N) is 1. The molecule has 1 aliphatic rings. The van der Waals surface area contributed by atoms with Gasteiger partial charge in [-0.05, 0) is 25.3 Å². The molecule has 80 valence electrons. The van der Waals surface area contributed by atoms with Gasteiger partial charge >= 0.3 is 5.97 Å². The fourth-order valence-corrected chi connectivity index (χ4v) is 1.80. The summed E-state index contributed by atoms with van der Waals surface area (Å²) in [5, 5.41) is 17.1. The van der Waals surface area contributed by atoms with Crippen molar-refractivity contribution < 1.29 is 15.0 Å². The van der Waals surface area contributed by atoms with Crippen molar-refractivity contribution in [2.45, 2.75) is 12.8 Å². The number of aliphatic hydroxyl groups excluding tert-OH is 1. The Kier molecular flexibility index (Phi) is 4.62. The van der Waals surface area contributed by atoms with Gasteiger partial charge in [-0.3, -0.25) is 4.90 Å². The molecule has 0 aromatic carbocycles. The average Bonchev–Trinajstić information content (AvgIpc) is 2.53. The highest BCUT2D eigenvalue weighted by atomic mass is 16.4. The van der Waals surface area contributed by atoms with Crippen molar-refractivity contribution in [1.29, 1.82) is 0 Å². The summed E-state index contributed by atoms with van der Waals surface area (Å²) in [4.78, 5) is 12.4. The lowest BCUT2D eigenvalue weighted by Crippen LogP contribution is -2.21. The van der Waals surface area contributed by atoms with Crippen LogP contribution in [0.3, 0.4) is 0 Å².